The molecular formula is C29H22FN5O5S. The molecule has 0 unspecified atom stereocenters. The number of carbonyl (C=O) groups is 2. The standard InChI is InChI=1S/C29H22FN5O5S/c1-13-6-17(24-20(7-13)33-22(38-3)12-31-24)28-34-21-10-19(30)25-18(26(21)41-28)9-23(39-25)40-29(37)35(2)15-5-4-14-11-32-27(36)16(14)8-15/h4-8,10,12,23H,9,11H2,1-3H3,(H,32,36)/t23-/m1/s1. The Labute approximate surface area is 236 Å². The molecule has 1 N–H and O–H groups in total. The van der Waals surface area contributed by atoms with E-state index in [1.165, 1.54) is 36.5 Å². The molecular weight excluding hydrogens is 549 g/mol. The topological polar surface area (TPSA) is 116 Å². The maximum Gasteiger partial charge on any atom is 0.417 e. The lowest BCUT2D eigenvalue weighted by atomic mass is 10.1. The third-order valence-corrected chi connectivity index (χ3v) is 8.35. The Balaban J connectivity index is 1.17. The van der Waals surface area contributed by atoms with Crippen LogP contribution in [0.3, 0.4) is 0 Å². The molecule has 2 aliphatic heterocycles. The SMILES string of the molecule is COc1cnc2c(-c3nc4cc(F)c5c(c4s3)C[C@@H](OC(=O)N(C)c3ccc4c(c3)C(=O)NC4)O5)cc(C)cc2n1. The summed E-state index contributed by atoms with van der Waals surface area (Å²) in [6, 6.07) is 10.4. The molecule has 41 heavy (non-hydrogen) atoms. The molecule has 0 radical (unpaired) electrons. The van der Waals surface area contributed by atoms with Gasteiger partial charge in [0.25, 0.3) is 12.2 Å². The zero-order valence-corrected chi connectivity index (χ0v) is 23.0. The van der Waals surface area contributed by atoms with Crippen molar-refractivity contribution in [2.45, 2.75) is 26.2 Å². The number of aryl methyl sites for hydroxylation is 1. The molecule has 2 aromatic heterocycles. The highest BCUT2D eigenvalue weighted by molar-refractivity contribution is 7.22. The van der Waals surface area contributed by atoms with Crippen LogP contribution in [-0.4, -0.2) is 47.4 Å². The minimum atomic E-state index is -1.03. The lowest BCUT2D eigenvalue weighted by Gasteiger charge is -2.20. The summed E-state index contributed by atoms with van der Waals surface area (Å²) in [7, 11) is 3.07. The Kier molecular flexibility index (Phi) is 5.75. The molecule has 0 saturated heterocycles. The quantitative estimate of drug-likeness (QED) is 0.315. The highest BCUT2D eigenvalue weighted by Crippen LogP contribution is 2.43. The van der Waals surface area contributed by atoms with Crippen molar-refractivity contribution in [1.29, 1.82) is 0 Å². The van der Waals surface area contributed by atoms with Gasteiger partial charge in [0, 0.05) is 42.0 Å². The summed E-state index contributed by atoms with van der Waals surface area (Å²) < 4.78 is 32.5. The molecule has 0 fully saturated rings. The zero-order chi connectivity index (χ0) is 28.4. The van der Waals surface area contributed by atoms with Crippen molar-refractivity contribution in [2.24, 2.45) is 0 Å². The van der Waals surface area contributed by atoms with Crippen molar-refractivity contribution in [3.8, 4) is 22.2 Å². The molecule has 3 aromatic carbocycles. The lowest BCUT2D eigenvalue weighted by Crippen LogP contribution is -2.33. The van der Waals surface area contributed by atoms with Gasteiger partial charge in [0.05, 0.1) is 41.0 Å². The van der Waals surface area contributed by atoms with E-state index < -0.39 is 18.2 Å². The number of aromatic nitrogens is 3. The smallest absolute Gasteiger partial charge is 0.417 e. The van der Waals surface area contributed by atoms with E-state index in [1.54, 1.807) is 24.4 Å². The first-order valence-corrected chi connectivity index (χ1v) is 13.6. The fraction of sp³-hybridized carbons (Fsp3) is 0.207. The van der Waals surface area contributed by atoms with Crippen LogP contribution in [0.5, 0.6) is 11.6 Å². The maximum absolute atomic E-state index is 15.1. The van der Waals surface area contributed by atoms with E-state index in [9.17, 15) is 9.59 Å². The summed E-state index contributed by atoms with van der Waals surface area (Å²) in [5.41, 5.74) is 6.00. The number of hydrogen-bond donors (Lipinski definition) is 1. The molecule has 0 aliphatic carbocycles. The highest BCUT2D eigenvalue weighted by atomic mass is 32.1. The van der Waals surface area contributed by atoms with Crippen molar-refractivity contribution in [2.75, 3.05) is 19.1 Å². The van der Waals surface area contributed by atoms with Crippen LogP contribution in [-0.2, 0) is 17.7 Å². The molecule has 1 atom stereocenters. The molecule has 206 valence electrons. The van der Waals surface area contributed by atoms with Crippen molar-refractivity contribution in [1.82, 2.24) is 20.3 Å². The number of thiazole rings is 1. The fourth-order valence-corrected chi connectivity index (χ4v) is 6.24. The largest absolute Gasteiger partial charge is 0.480 e. The third kappa shape index (κ3) is 4.18. The summed E-state index contributed by atoms with van der Waals surface area (Å²) >= 11 is 1.39. The Hall–Kier alpha value is -4.84. The van der Waals surface area contributed by atoms with Crippen LogP contribution in [0.4, 0.5) is 14.9 Å². The maximum atomic E-state index is 15.1. The van der Waals surface area contributed by atoms with E-state index in [-0.39, 0.29) is 18.1 Å². The van der Waals surface area contributed by atoms with Gasteiger partial charge in [-0.15, -0.1) is 11.3 Å². The minimum Gasteiger partial charge on any atom is -0.480 e. The van der Waals surface area contributed by atoms with Gasteiger partial charge in [-0.2, -0.15) is 0 Å². The van der Waals surface area contributed by atoms with Crippen LogP contribution in [0, 0.1) is 12.7 Å². The van der Waals surface area contributed by atoms with E-state index in [4.69, 9.17) is 19.2 Å². The average Bonchev–Trinajstić information content (AvgIpc) is 3.68. The molecule has 2 amide bonds. The van der Waals surface area contributed by atoms with Crippen molar-refractivity contribution in [3.63, 3.8) is 0 Å². The zero-order valence-electron chi connectivity index (χ0n) is 22.1. The van der Waals surface area contributed by atoms with Crippen LogP contribution >= 0.6 is 11.3 Å². The first kappa shape index (κ1) is 25.1. The van der Waals surface area contributed by atoms with Crippen LogP contribution in [0.2, 0.25) is 0 Å². The average molecular weight is 572 g/mol. The van der Waals surface area contributed by atoms with Crippen molar-refractivity contribution < 1.29 is 28.2 Å². The van der Waals surface area contributed by atoms with E-state index in [0.29, 0.717) is 50.8 Å². The third-order valence-electron chi connectivity index (χ3n) is 7.18. The van der Waals surface area contributed by atoms with Crippen LogP contribution in [0.25, 0.3) is 31.8 Å². The van der Waals surface area contributed by atoms with Crippen LogP contribution in [0.1, 0.15) is 27.0 Å². The van der Waals surface area contributed by atoms with Gasteiger partial charge in [-0.25, -0.2) is 24.1 Å². The Morgan fingerprint density at radius 2 is 2.02 bits per heavy atom. The summed E-state index contributed by atoms with van der Waals surface area (Å²) in [4.78, 5) is 40.0. The van der Waals surface area contributed by atoms with Gasteiger partial charge in [-0.05, 0) is 42.3 Å². The second-order valence-electron chi connectivity index (χ2n) is 9.84. The van der Waals surface area contributed by atoms with Crippen LogP contribution in [0.15, 0.2) is 42.6 Å². The number of ether oxygens (including phenoxy) is 3. The van der Waals surface area contributed by atoms with Crippen molar-refractivity contribution in [3.05, 3.63) is 70.7 Å². The Bertz CT molecular complexity index is 1930. The number of hydrogen-bond acceptors (Lipinski definition) is 9. The van der Waals surface area contributed by atoms with E-state index in [0.717, 1.165) is 21.4 Å². The summed E-state index contributed by atoms with van der Waals surface area (Å²) in [6.45, 7) is 2.41. The molecule has 12 heteroatoms. The van der Waals surface area contributed by atoms with Gasteiger partial charge in [0.2, 0.25) is 5.88 Å². The van der Waals surface area contributed by atoms with Gasteiger partial charge in [0.1, 0.15) is 5.01 Å². The number of rotatable bonds is 4. The molecule has 7 rings (SSSR count). The minimum absolute atomic E-state index is 0.0426. The number of benzene rings is 3. The number of nitrogens with zero attached hydrogens (tertiary/aromatic N) is 4. The molecule has 0 spiro atoms. The van der Waals surface area contributed by atoms with Crippen LogP contribution < -0.4 is 19.7 Å². The number of methoxy groups -OCH3 is 1. The van der Waals surface area contributed by atoms with E-state index >= 15 is 4.39 Å². The monoisotopic (exact) mass is 571 g/mol. The van der Waals surface area contributed by atoms with Gasteiger partial charge < -0.3 is 19.5 Å². The molecule has 4 heterocycles. The second-order valence-corrected chi connectivity index (χ2v) is 10.8. The number of nitrogens with one attached hydrogen (secondary N) is 1. The van der Waals surface area contributed by atoms with Gasteiger partial charge in [-0.3, -0.25) is 9.69 Å². The predicted molar refractivity (Wildman–Crippen MR) is 150 cm³/mol. The summed E-state index contributed by atoms with van der Waals surface area (Å²) in [5.74, 6) is -0.323. The second kappa shape index (κ2) is 9.37. The normalized spacial score (nSPS) is 15.4. The van der Waals surface area contributed by atoms with E-state index in [2.05, 4.69) is 15.3 Å². The molecule has 10 nitrogen and oxygen atoms in total. The Morgan fingerprint density at radius 1 is 1.17 bits per heavy atom. The molecule has 0 saturated carbocycles. The summed E-state index contributed by atoms with van der Waals surface area (Å²) in [6.07, 6.45) is -0.0135. The fourth-order valence-electron chi connectivity index (χ4n) is 5.13. The van der Waals surface area contributed by atoms with E-state index in [1.807, 2.05) is 19.1 Å². The number of fused-ring (bicyclic) bond motifs is 5. The first-order chi connectivity index (χ1) is 19.8. The van der Waals surface area contributed by atoms with Gasteiger partial charge in [0.15, 0.2) is 11.6 Å². The summed E-state index contributed by atoms with van der Waals surface area (Å²) in [5, 5.41) is 3.41. The first-order valence-electron chi connectivity index (χ1n) is 12.7. The molecule has 2 aliphatic rings. The predicted octanol–water partition coefficient (Wildman–Crippen LogP) is 5.14. The highest BCUT2D eigenvalue weighted by Gasteiger charge is 2.33. The lowest BCUT2D eigenvalue weighted by molar-refractivity contribution is -0.0144. The van der Waals surface area contributed by atoms with Gasteiger partial charge >= 0.3 is 6.09 Å². The number of halogens is 1. The molecule has 5 aromatic rings. The van der Waals surface area contributed by atoms with Gasteiger partial charge in [-0.1, -0.05) is 6.07 Å². The van der Waals surface area contributed by atoms with Crippen molar-refractivity contribution >= 4 is 50.3 Å². The molecule has 0 bridgehead atoms. The number of amides is 2. The number of carbonyl (C=O) groups excluding carboxylic acids is 2. The Morgan fingerprint density at radius 3 is 2.85 bits per heavy atom. The number of anilines is 1.